The number of likely N-dealkylation sites (N-methyl/N-ethyl adjacent to an activating group) is 2. The normalized spacial score (nSPS) is 27.8. The maximum absolute atomic E-state index is 13.3. The molecule has 3 heterocycles. The van der Waals surface area contributed by atoms with E-state index in [9.17, 15) is 14.0 Å². The van der Waals surface area contributed by atoms with Crippen LogP contribution in [0.15, 0.2) is 29.4 Å². The summed E-state index contributed by atoms with van der Waals surface area (Å²) in [7, 11) is 3.21. The van der Waals surface area contributed by atoms with Crippen molar-refractivity contribution in [3.05, 3.63) is 35.6 Å². The van der Waals surface area contributed by atoms with Crippen LogP contribution < -0.4 is 5.32 Å². The molecule has 0 spiro atoms. The number of hydrogen-bond donors (Lipinski definition) is 1. The van der Waals surface area contributed by atoms with Gasteiger partial charge >= 0.3 is 6.03 Å². The molecule has 0 saturated carbocycles. The monoisotopic (exact) mass is 388 g/mol. The van der Waals surface area contributed by atoms with Crippen molar-refractivity contribution in [2.45, 2.75) is 38.3 Å². The van der Waals surface area contributed by atoms with Crippen LogP contribution in [0, 0.1) is 5.82 Å². The summed E-state index contributed by atoms with van der Waals surface area (Å²) in [6.07, 6.45) is 1.28. The van der Waals surface area contributed by atoms with E-state index >= 15 is 0 Å². The lowest BCUT2D eigenvalue weighted by Gasteiger charge is -2.41. The van der Waals surface area contributed by atoms with Crippen molar-refractivity contribution >= 4 is 17.6 Å². The number of amides is 3. The number of unbranched alkanes of at least 4 members (excludes halogenated alkanes) is 1. The fraction of sp³-hybridized carbons (Fsp3) is 0.526. The highest BCUT2D eigenvalue weighted by molar-refractivity contribution is 6.04. The third-order valence-electron chi connectivity index (χ3n) is 5.66. The molecule has 3 aliphatic rings. The molecule has 0 aliphatic carbocycles. The van der Waals surface area contributed by atoms with E-state index < -0.39 is 12.2 Å². The second-order valence-electron chi connectivity index (χ2n) is 7.46. The maximum atomic E-state index is 13.3. The summed E-state index contributed by atoms with van der Waals surface area (Å²) >= 11 is 0. The van der Waals surface area contributed by atoms with Crippen LogP contribution in [0.4, 0.5) is 9.18 Å². The van der Waals surface area contributed by atoms with Crippen LogP contribution >= 0.6 is 0 Å². The topological polar surface area (TPSA) is 71.5 Å². The van der Waals surface area contributed by atoms with Crippen molar-refractivity contribution < 1.29 is 14.0 Å². The lowest BCUT2D eigenvalue weighted by molar-refractivity contribution is -0.137. The number of hydrazone groups is 1. The number of carbonyl (C=O) groups excluding carboxylic acids is 2. The number of rotatable bonds is 4. The molecule has 3 unspecified atom stereocenters. The van der Waals surface area contributed by atoms with Crippen molar-refractivity contribution in [3.63, 3.8) is 0 Å². The van der Waals surface area contributed by atoms with Gasteiger partial charge in [0, 0.05) is 27.2 Å². The number of imide groups is 1. The fourth-order valence-electron chi connectivity index (χ4n) is 4.06. The smallest absolute Gasteiger partial charge is 0.310 e. The second kappa shape index (κ2) is 7.14. The molecule has 1 aromatic rings. The summed E-state index contributed by atoms with van der Waals surface area (Å²) in [5.41, 5.74) is 1.61. The molecule has 28 heavy (non-hydrogen) atoms. The van der Waals surface area contributed by atoms with Crippen molar-refractivity contribution in [3.8, 4) is 0 Å². The van der Waals surface area contributed by atoms with E-state index in [1.165, 1.54) is 24.1 Å². The minimum absolute atomic E-state index is 0.223. The SMILES string of the molecule is CCCCN1N=C(c2ccc(F)cc2)CN2C3C(=O)N(C)C(=O)N(C)C3NC12. The van der Waals surface area contributed by atoms with E-state index in [2.05, 4.69) is 12.2 Å². The number of benzene rings is 1. The first-order chi connectivity index (χ1) is 13.4. The van der Waals surface area contributed by atoms with Gasteiger partial charge in [-0.15, -0.1) is 0 Å². The van der Waals surface area contributed by atoms with Crippen LogP contribution in [0.5, 0.6) is 0 Å². The molecule has 4 rings (SSSR count). The maximum Gasteiger partial charge on any atom is 0.327 e. The zero-order chi connectivity index (χ0) is 20.0. The van der Waals surface area contributed by atoms with E-state index in [0.29, 0.717) is 6.54 Å². The Bertz CT molecular complexity index is 813. The van der Waals surface area contributed by atoms with Gasteiger partial charge < -0.3 is 4.90 Å². The van der Waals surface area contributed by atoms with Crippen LogP contribution in [0.2, 0.25) is 0 Å². The Hall–Kier alpha value is -2.52. The Kier molecular flexibility index (Phi) is 4.80. The van der Waals surface area contributed by atoms with Gasteiger partial charge in [-0.1, -0.05) is 25.5 Å². The Morgan fingerprint density at radius 1 is 1.21 bits per heavy atom. The summed E-state index contributed by atoms with van der Waals surface area (Å²) in [5.74, 6) is -0.521. The van der Waals surface area contributed by atoms with Crippen LogP contribution in [-0.2, 0) is 4.79 Å². The van der Waals surface area contributed by atoms with Crippen molar-refractivity contribution in [1.29, 1.82) is 0 Å². The average molecular weight is 388 g/mol. The molecule has 8 nitrogen and oxygen atoms in total. The third kappa shape index (κ3) is 2.94. The van der Waals surface area contributed by atoms with E-state index in [-0.39, 0.29) is 24.0 Å². The zero-order valence-corrected chi connectivity index (χ0v) is 16.3. The van der Waals surface area contributed by atoms with E-state index in [1.54, 1.807) is 24.1 Å². The molecule has 0 bridgehead atoms. The summed E-state index contributed by atoms with van der Waals surface area (Å²) < 4.78 is 13.3. The minimum atomic E-state index is -0.493. The summed E-state index contributed by atoms with van der Waals surface area (Å²) in [6.45, 7) is 3.27. The Balaban J connectivity index is 1.69. The summed E-state index contributed by atoms with van der Waals surface area (Å²) in [4.78, 5) is 30.1. The predicted octanol–water partition coefficient (Wildman–Crippen LogP) is 1.05. The lowest BCUT2D eigenvalue weighted by Crippen LogP contribution is -2.65. The molecule has 1 aromatic carbocycles. The fourth-order valence-corrected chi connectivity index (χ4v) is 4.06. The number of fused-ring (bicyclic) bond motifs is 3. The first-order valence-electron chi connectivity index (χ1n) is 9.58. The number of halogens is 1. The van der Waals surface area contributed by atoms with Gasteiger partial charge in [-0.25, -0.2) is 14.1 Å². The van der Waals surface area contributed by atoms with Gasteiger partial charge in [-0.3, -0.25) is 20.0 Å². The zero-order valence-electron chi connectivity index (χ0n) is 16.3. The molecule has 2 fully saturated rings. The van der Waals surface area contributed by atoms with E-state index in [1.807, 2.05) is 9.91 Å². The van der Waals surface area contributed by atoms with Gasteiger partial charge in [0.15, 0.2) is 6.29 Å². The number of nitrogens with zero attached hydrogens (tertiary/aromatic N) is 5. The Morgan fingerprint density at radius 2 is 1.93 bits per heavy atom. The minimum Gasteiger partial charge on any atom is -0.310 e. The van der Waals surface area contributed by atoms with Crippen LogP contribution in [0.1, 0.15) is 25.3 Å². The molecule has 3 amide bonds. The lowest BCUT2D eigenvalue weighted by atomic mass is 10.1. The molecule has 0 aromatic heterocycles. The first-order valence-corrected chi connectivity index (χ1v) is 9.58. The summed E-state index contributed by atoms with van der Waals surface area (Å²) in [6, 6.07) is 5.43. The van der Waals surface area contributed by atoms with Gasteiger partial charge in [0.05, 0.1) is 5.71 Å². The van der Waals surface area contributed by atoms with Gasteiger partial charge in [0.25, 0.3) is 5.91 Å². The van der Waals surface area contributed by atoms with Crippen LogP contribution in [0.3, 0.4) is 0 Å². The van der Waals surface area contributed by atoms with Crippen molar-refractivity contribution in [1.82, 2.24) is 25.0 Å². The number of carbonyl (C=O) groups is 2. The Morgan fingerprint density at radius 3 is 2.61 bits per heavy atom. The number of nitrogens with one attached hydrogen (secondary N) is 1. The molecule has 3 atom stereocenters. The van der Waals surface area contributed by atoms with Gasteiger partial charge in [0.1, 0.15) is 18.0 Å². The van der Waals surface area contributed by atoms with Crippen LogP contribution in [0.25, 0.3) is 0 Å². The number of urea groups is 1. The number of hydrogen-bond acceptors (Lipinski definition) is 6. The van der Waals surface area contributed by atoms with Gasteiger partial charge in [0.2, 0.25) is 0 Å². The molecule has 1 N–H and O–H groups in total. The van der Waals surface area contributed by atoms with Gasteiger partial charge in [-0.05, 0) is 24.1 Å². The predicted molar refractivity (Wildman–Crippen MR) is 102 cm³/mol. The Labute approximate surface area is 163 Å². The van der Waals surface area contributed by atoms with Crippen molar-refractivity contribution in [2.24, 2.45) is 5.10 Å². The molecular formula is C19H25FN6O2. The highest BCUT2D eigenvalue weighted by Gasteiger charge is 2.55. The molecule has 2 saturated heterocycles. The first kappa shape index (κ1) is 18.8. The van der Waals surface area contributed by atoms with E-state index in [4.69, 9.17) is 5.10 Å². The molecular weight excluding hydrogens is 363 g/mol. The second-order valence-corrected chi connectivity index (χ2v) is 7.46. The molecule has 9 heteroatoms. The third-order valence-corrected chi connectivity index (χ3v) is 5.66. The van der Waals surface area contributed by atoms with Crippen LogP contribution in [-0.4, -0.2) is 83.0 Å². The summed E-state index contributed by atoms with van der Waals surface area (Å²) in [5, 5.41) is 10.2. The molecule has 3 aliphatic heterocycles. The largest absolute Gasteiger partial charge is 0.327 e. The molecule has 150 valence electrons. The molecule has 0 radical (unpaired) electrons. The van der Waals surface area contributed by atoms with Gasteiger partial charge in [-0.2, -0.15) is 5.10 Å². The average Bonchev–Trinajstić information content (AvgIpc) is 3.09. The highest BCUT2D eigenvalue weighted by Crippen LogP contribution is 2.30. The quantitative estimate of drug-likeness (QED) is 0.835. The van der Waals surface area contributed by atoms with E-state index in [0.717, 1.165) is 30.7 Å². The highest BCUT2D eigenvalue weighted by atomic mass is 19.1. The standard InChI is InChI=1S/C19H25FN6O2/c1-4-5-10-26-18-21-16-15(17(27)24(3)19(28)23(16)2)25(18)11-14(22-26)12-6-8-13(20)9-7-12/h6-9,15-16,18,21H,4-5,10-11H2,1-3H3. The van der Waals surface area contributed by atoms with Crippen molar-refractivity contribution in [2.75, 3.05) is 27.2 Å².